The molecule has 27 heavy (non-hydrogen) atoms. The number of hydrogen-bond acceptors (Lipinski definition) is 6. The van der Waals surface area contributed by atoms with E-state index in [0.717, 1.165) is 19.6 Å². The zero-order valence-corrected chi connectivity index (χ0v) is 16.9. The maximum Gasteiger partial charge on any atom is 0.259 e. The summed E-state index contributed by atoms with van der Waals surface area (Å²) in [6.45, 7) is 8.71. The van der Waals surface area contributed by atoms with Crippen molar-refractivity contribution in [2.24, 2.45) is 5.41 Å². The largest absolute Gasteiger partial charge is 0.334 e. The summed E-state index contributed by atoms with van der Waals surface area (Å²) in [6, 6.07) is 5.32. The quantitative estimate of drug-likeness (QED) is 0.831. The van der Waals surface area contributed by atoms with Crippen molar-refractivity contribution in [1.29, 1.82) is 0 Å². The van der Waals surface area contributed by atoms with Gasteiger partial charge in [0, 0.05) is 31.7 Å². The summed E-state index contributed by atoms with van der Waals surface area (Å²) in [7, 11) is 2.04. The number of amides is 1. The van der Waals surface area contributed by atoms with E-state index in [0.29, 0.717) is 34.4 Å². The maximum absolute atomic E-state index is 12.2. The predicted octanol–water partition coefficient (Wildman–Crippen LogP) is 3.34. The molecule has 1 fully saturated rings. The van der Waals surface area contributed by atoms with Crippen LogP contribution in [-0.4, -0.2) is 47.6 Å². The number of carbonyl (C=O) groups is 1. The molecule has 1 unspecified atom stereocenters. The summed E-state index contributed by atoms with van der Waals surface area (Å²) in [5, 5.41) is 10.9. The molecule has 2 aromatic rings. The van der Waals surface area contributed by atoms with Crippen LogP contribution >= 0.6 is 11.6 Å². The molecular formula is C19H26ClN5O2. The summed E-state index contributed by atoms with van der Waals surface area (Å²) < 4.78 is 5.46. The molecule has 0 aliphatic carbocycles. The van der Waals surface area contributed by atoms with Gasteiger partial charge in [0.25, 0.3) is 5.89 Å². The Kier molecular flexibility index (Phi) is 5.83. The molecule has 1 saturated heterocycles. The van der Waals surface area contributed by atoms with Gasteiger partial charge in [-0.1, -0.05) is 37.5 Å². The van der Waals surface area contributed by atoms with Crippen molar-refractivity contribution in [3.8, 4) is 11.5 Å². The predicted molar refractivity (Wildman–Crippen MR) is 106 cm³/mol. The molecule has 146 valence electrons. The number of halogens is 1. The van der Waals surface area contributed by atoms with E-state index < -0.39 is 0 Å². The first-order valence-electron chi connectivity index (χ1n) is 9.07. The van der Waals surface area contributed by atoms with Gasteiger partial charge >= 0.3 is 0 Å². The molecular weight excluding hydrogens is 366 g/mol. The van der Waals surface area contributed by atoms with Gasteiger partial charge in [-0.15, -0.1) is 0 Å². The molecule has 1 aromatic carbocycles. The van der Waals surface area contributed by atoms with Crippen molar-refractivity contribution in [2.45, 2.75) is 33.2 Å². The van der Waals surface area contributed by atoms with Crippen molar-refractivity contribution < 1.29 is 9.32 Å². The number of likely N-dealkylation sites (N-methyl/N-ethyl adjacent to an activating group) is 1. The van der Waals surface area contributed by atoms with Crippen molar-refractivity contribution >= 4 is 23.2 Å². The highest BCUT2D eigenvalue weighted by atomic mass is 35.5. The van der Waals surface area contributed by atoms with Gasteiger partial charge in [0.2, 0.25) is 5.91 Å². The van der Waals surface area contributed by atoms with Gasteiger partial charge in [0.15, 0.2) is 5.82 Å². The van der Waals surface area contributed by atoms with Crippen LogP contribution in [0.5, 0.6) is 0 Å². The lowest BCUT2D eigenvalue weighted by atomic mass is 9.92. The molecule has 2 N–H and O–H groups in total. The van der Waals surface area contributed by atoms with Crippen LogP contribution in [-0.2, 0) is 4.79 Å². The lowest BCUT2D eigenvalue weighted by Gasteiger charge is -2.30. The van der Waals surface area contributed by atoms with Crippen molar-refractivity contribution in [1.82, 2.24) is 20.4 Å². The van der Waals surface area contributed by atoms with Crippen molar-refractivity contribution in [3.05, 3.63) is 29.0 Å². The fourth-order valence-corrected chi connectivity index (χ4v) is 3.23. The minimum Gasteiger partial charge on any atom is -0.334 e. The van der Waals surface area contributed by atoms with Gasteiger partial charge in [-0.25, -0.2) is 0 Å². The minimum absolute atomic E-state index is 0.0445. The van der Waals surface area contributed by atoms with Gasteiger partial charge in [0.1, 0.15) is 0 Å². The Bertz CT molecular complexity index is 815. The van der Waals surface area contributed by atoms with E-state index in [1.54, 1.807) is 18.2 Å². The number of hydrogen-bond donors (Lipinski definition) is 2. The number of aromatic nitrogens is 2. The van der Waals surface area contributed by atoms with Gasteiger partial charge < -0.3 is 15.2 Å². The highest BCUT2D eigenvalue weighted by Gasteiger charge is 2.26. The third-order valence-corrected chi connectivity index (χ3v) is 4.75. The molecule has 7 nitrogen and oxygen atoms in total. The van der Waals surface area contributed by atoms with Crippen LogP contribution in [0.3, 0.4) is 0 Å². The first kappa shape index (κ1) is 19.8. The number of nitrogens with one attached hydrogen (secondary N) is 2. The summed E-state index contributed by atoms with van der Waals surface area (Å²) in [4.78, 5) is 18.9. The fraction of sp³-hybridized carbons (Fsp3) is 0.526. The number of rotatable bonds is 4. The monoisotopic (exact) mass is 391 g/mol. The first-order chi connectivity index (χ1) is 12.7. The Balaban J connectivity index is 1.79. The van der Waals surface area contributed by atoms with E-state index in [1.807, 2.05) is 27.8 Å². The molecule has 0 radical (unpaired) electrons. The van der Waals surface area contributed by atoms with E-state index in [9.17, 15) is 4.79 Å². The van der Waals surface area contributed by atoms with Gasteiger partial charge in [-0.2, -0.15) is 4.98 Å². The Morgan fingerprint density at radius 3 is 2.93 bits per heavy atom. The SMILES string of the molecule is CN1CCNCC1c1noc(-c2cc(NC(=O)CC(C)(C)C)ccc2Cl)n1. The van der Waals surface area contributed by atoms with Gasteiger partial charge in [-0.05, 0) is 30.7 Å². The molecule has 1 atom stereocenters. The van der Waals surface area contributed by atoms with E-state index in [1.165, 1.54) is 0 Å². The Morgan fingerprint density at radius 1 is 1.44 bits per heavy atom. The summed E-state index contributed by atoms with van der Waals surface area (Å²) in [5.41, 5.74) is 1.18. The zero-order chi connectivity index (χ0) is 19.6. The summed E-state index contributed by atoms with van der Waals surface area (Å²) in [6.07, 6.45) is 0.427. The minimum atomic E-state index is -0.0826. The summed E-state index contributed by atoms with van der Waals surface area (Å²) in [5.74, 6) is 0.927. The Morgan fingerprint density at radius 2 is 2.22 bits per heavy atom. The average Bonchev–Trinajstić information content (AvgIpc) is 3.05. The zero-order valence-electron chi connectivity index (χ0n) is 16.2. The molecule has 8 heteroatoms. The van der Waals surface area contributed by atoms with Crippen molar-refractivity contribution in [2.75, 3.05) is 32.0 Å². The molecule has 1 aromatic heterocycles. The first-order valence-corrected chi connectivity index (χ1v) is 9.45. The second-order valence-electron chi connectivity index (χ2n) is 8.14. The summed E-state index contributed by atoms with van der Waals surface area (Å²) >= 11 is 6.33. The van der Waals surface area contributed by atoms with E-state index in [4.69, 9.17) is 16.1 Å². The number of anilines is 1. The molecule has 3 rings (SSSR count). The normalized spacial score (nSPS) is 18.5. The third-order valence-electron chi connectivity index (χ3n) is 4.42. The lowest BCUT2D eigenvalue weighted by Crippen LogP contribution is -2.44. The standard InChI is InChI=1S/C19H26ClN5O2/c1-19(2,3)10-16(26)22-12-5-6-14(20)13(9-12)18-23-17(24-27-18)15-11-21-7-8-25(15)4/h5-6,9,15,21H,7-8,10-11H2,1-4H3,(H,22,26). The Hall–Kier alpha value is -1.96. The molecule has 1 aliphatic heterocycles. The number of carbonyl (C=O) groups excluding carboxylic acids is 1. The highest BCUT2D eigenvalue weighted by molar-refractivity contribution is 6.33. The average molecular weight is 392 g/mol. The second-order valence-corrected chi connectivity index (χ2v) is 8.55. The number of nitrogens with zero attached hydrogens (tertiary/aromatic N) is 3. The fourth-order valence-electron chi connectivity index (χ4n) is 3.03. The van der Waals surface area contributed by atoms with Crippen molar-refractivity contribution in [3.63, 3.8) is 0 Å². The smallest absolute Gasteiger partial charge is 0.259 e. The van der Waals surface area contributed by atoms with Crippen LogP contribution in [0.4, 0.5) is 5.69 Å². The van der Waals surface area contributed by atoms with Crippen LogP contribution in [0.1, 0.15) is 39.1 Å². The van der Waals surface area contributed by atoms with Crippen LogP contribution < -0.4 is 10.6 Å². The van der Waals surface area contributed by atoms with Crippen LogP contribution in [0, 0.1) is 5.41 Å². The lowest BCUT2D eigenvalue weighted by molar-refractivity contribution is -0.117. The third kappa shape index (κ3) is 5.06. The van der Waals surface area contributed by atoms with Crippen LogP contribution in [0.25, 0.3) is 11.5 Å². The number of benzene rings is 1. The van der Waals surface area contributed by atoms with E-state index >= 15 is 0 Å². The number of piperazine rings is 1. The molecule has 2 heterocycles. The van der Waals surface area contributed by atoms with Crippen LogP contribution in [0.15, 0.2) is 22.7 Å². The van der Waals surface area contributed by atoms with E-state index in [-0.39, 0.29) is 17.4 Å². The molecule has 1 amide bonds. The highest BCUT2D eigenvalue weighted by Crippen LogP contribution is 2.31. The molecule has 1 aliphatic rings. The Labute approximate surface area is 164 Å². The van der Waals surface area contributed by atoms with E-state index in [2.05, 4.69) is 25.7 Å². The van der Waals surface area contributed by atoms with Crippen LogP contribution in [0.2, 0.25) is 5.02 Å². The molecule has 0 bridgehead atoms. The second kappa shape index (κ2) is 7.96. The maximum atomic E-state index is 12.2. The topological polar surface area (TPSA) is 83.3 Å². The van der Waals surface area contributed by atoms with Gasteiger partial charge in [0.05, 0.1) is 16.6 Å². The molecule has 0 saturated carbocycles. The molecule has 0 spiro atoms. The van der Waals surface area contributed by atoms with Gasteiger partial charge in [-0.3, -0.25) is 9.69 Å².